The van der Waals surface area contributed by atoms with Crippen LogP contribution in [0.5, 0.6) is 5.75 Å². The lowest BCUT2D eigenvalue weighted by Crippen LogP contribution is -2.18. The van der Waals surface area contributed by atoms with E-state index in [9.17, 15) is 9.59 Å². The zero-order chi connectivity index (χ0) is 25.9. The maximum atomic E-state index is 13.5. The van der Waals surface area contributed by atoms with E-state index >= 15 is 0 Å². The minimum atomic E-state index is -0.482. The van der Waals surface area contributed by atoms with Gasteiger partial charge >= 0.3 is 0 Å². The second-order valence-corrected chi connectivity index (χ2v) is 9.56. The van der Waals surface area contributed by atoms with Crippen molar-refractivity contribution in [2.45, 2.75) is 46.5 Å². The van der Waals surface area contributed by atoms with Gasteiger partial charge < -0.3 is 15.8 Å². The molecule has 0 unspecified atom stereocenters. The van der Waals surface area contributed by atoms with Crippen molar-refractivity contribution in [2.24, 2.45) is 5.73 Å². The van der Waals surface area contributed by atoms with Crippen LogP contribution in [0.15, 0.2) is 55.2 Å². The van der Waals surface area contributed by atoms with Crippen LogP contribution in [-0.2, 0) is 5.41 Å². The Morgan fingerprint density at radius 2 is 1.71 bits per heavy atom. The summed E-state index contributed by atoms with van der Waals surface area (Å²) in [6.07, 6.45) is 2.37. The van der Waals surface area contributed by atoms with Gasteiger partial charge in [0.1, 0.15) is 5.75 Å². The zero-order valence-corrected chi connectivity index (χ0v) is 21.3. The van der Waals surface area contributed by atoms with Gasteiger partial charge in [0.15, 0.2) is 0 Å². The van der Waals surface area contributed by atoms with Gasteiger partial charge in [0, 0.05) is 22.4 Å². The average Bonchev–Trinajstić information content (AvgIpc) is 2.83. The van der Waals surface area contributed by atoms with Gasteiger partial charge in [-0.05, 0) is 65.8 Å². The summed E-state index contributed by atoms with van der Waals surface area (Å²) in [5, 5.41) is 2.98. The molecule has 1 heterocycles. The van der Waals surface area contributed by atoms with Crippen molar-refractivity contribution in [2.75, 3.05) is 12.4 Å². The highest BCUT2D eigenvalue weighted by molar-refractivity contribution is 6.07. The Balaban J connectivity index is 2.03. The van der Waals surface area contributed by atoms with E-state index in [1.165, 1.54) is 0 Å². The van der Waals surface area contributed by atoms with Crippen LogP contribution in [0.4, 0.5) is 5.69 Å². The highest BCUT2D eigenvalue weighted by atomic mass is 16.5. The number of carbonyl (C=O) groups is 2. The third kappa shape index (κ3) is 5.60. The van der Waals surface area contributed by atoms with E-state index in [1.807, 2.05) is 38.1 Å². The Labute approximate surface area is 207 Å². The Hall–Kier alpha value is -3.93. The predicted molar refractivity (Wildman–Crippen MR) is 142 cm³/mol. The summed E-state index contributed by atoms with van der Waals surface area (Å²) in [5.41, 5.74) is 11.9. The minimum Gasteiger partial charge on any atom is -0.495 e. The highest BCUT2D eigenvalue weighted by Gasteiger charge is 2.24. The number of pyridine rings is 1. The van der Waals surface area contributed by atoms with Crippen molar-refractivity contribution >= 4 is 23.1 Å². The first kappa shape index (κ1) is 25.7. The van der Waals surface area contributed by atoms with E-state index in [0.29, 0.717) is 22.6 Å². The van der Waals surface area contributed by atoms with E-state index in [0.717, 1.165) is 39.9 Å². The summed E-state index contributed by atoms with van der Waals surface area (Å²) in [6, 6.07) is 12.8. The number of carbonyl (C=O) groups excluding carboxylic acids is 2. The number of anilines is 1. The summed E-state index contributed by atoms with van der Waals surface area (Å²) in [4.78, 5) is 29.4. The number of nitrogens with one attached hydrogen (secondary N) is 1. The first-order chi connectivity index (χ1) is 16.5. The van der Waals surface area contributed by atoms with Crippen molar-refractivity contribution in [3.63, 3.8) is 0 Å². The quantitative estimate of drug-likeness (QED) is 0.433. The van der Waals surface area contributed by atoms with E-state index in [2.05, 4.69) is 43.7 Å². The average molecular weight is 472 g/mol. The maximum absolute atomic E-state index is 13.5. The molecule has 0 bridgehead atoms. The Morgan fingerprint density at radius 1 is 1.09 bits per heavy atom. The predicted octanol–water partition coefficient (Wildman–Crippen LogP) is 6.14. The van der Waals surface area contributed by atoms with Gasteiger partial charge in [0.2, 0.25) is 5.91 Å². The largest absolute Gasteiger partial charge is 0.495 e. The standard InChI is InChI=1S/C29H33N3O3/c1-8-17(2)23-13-21(29(4,5)6)14-25(26(23)35-7)28(34)32-22-15-24(18(3)31-16-22)19-9-11-20(12-10-19)27(30)33/h9-16H,2,8H2,1,3-7H3,(H2,30,33)(H,32,34). The number of benzene rings is 2. The molecule has 0 saturated carbocycles. The number of primary amides is 1. The molecule has 0 saturated heterocycles. The fourth-order valence-electron chi connectivity index (χ4n) is 3.81. The summed E-state index contributed by atoms with van der Waals surface area (Å²) < 4.78 is 5.69. The molecule has 1 aromatic heterocycles. The SMILES string of the molecule is C=C(CC)c1cc(C(C)(C)C)cc(C(=O)Nc2cnc(C)c(-c3ccc(C(N)=O)cc3)c2)c1OC. The van der Waals surface area contributed by atoms with Gasteiger partial charge in [0.05, 0.1) is 24.6 Å². The number of hydrogen-bond acceptors (Lipinski definition) is 4. The smallest absolute Gasteiger partial charge is 0.259 e. The van der Waals surface area contributed by atoms with Gasteiger partial charge in [-0.2, -0.15) is 0 Å². The molecule has 3 N–H and O–H groups in total. The van der Waals surface area contributed by atoms with Gasteiger partial charge in [-0.15, -0.1) is 0 Å². The van der Waals surface area contributed by atoms with Crippen LogP contribution in [0, 0.1) is 6.92 Å². The topological polar surface area (TPSA) is 94.3 Å². The normalized spacial score (nSPS) is 11.1. The van der Waals surface area contributed by atoms with E-state index in [4.69, 9.17) is 10.5 Å². The fraction of sp³-hybridized carbons (Fsp3) is 0.276. The number of aromatic nitrogens is 1. The van der Waals surface area contributed by atoms with Crippen LogP contribution in [0.3, 0.4) is 0 Å². The third-order valence-electron chi connectivity index (χ3n) is 6.04. The molecule has 0 atom stereocenters. The van der Waals surface area contributed by atoms with Crippen LogP contribution in [-0.4, -0.2) is 23.9 Å². The Bertz CT molecular complexity index is 1290. The Morgan fingerprint density at radius 3 is 2.26 bits per heavy atom. The van der Waals surface area contributed by atoms with Crippen LogP contribution >= 0.6 is 0 Å². The monoisotopic (exact) mass is 471 g/mol. The number of rotatable bonds is 7. The lowest BCUT2D eigenvalue weighted by Gasteiger charge is -2.24. The van der Waals surface area contributed by atoms with Gasteiger partial charge in [-0.3, -0.25) is 14.6 Å². The molecule has 3 aromatic rings. The summed E-state index contributed by atoms with van der Waals surface area (Å²) in [6.45, 7) is 14.4. The molecule has 6 nitrogen and oxygen atoms in total. The molecule has 35 heavy (non-hydrogen) atoms. The second kappa shape index (κ2) is 10.1. The van der Waals surface area contributed by atoms with Gasteiger partial charge in [-0.1, -0.05) is 46.4 Å². The summed E-state index contributed by atoms with van der Waals surface area (Å²) in [5.74, 6) is -0.271. The minimum absolute atomic E-state index is 0.167. The van der Waals surface area contributed by atoms with Gasteiger partial charge in [-0.25, -0.2) is 0 Å². The number of hydrogen-bond donors (Lipinski definition) is 2. The first-order valence-corrected chi connectivity index (χ1v) is 11.5. The van der Waals surface area contributed by atoms with Gasteiger partial charge in [0.25, 0.3) is 5.91 Å². The number of ether oxygens (including phenoxy) is 1. The fourth-order valence-corrected chi connectivity index (χ4v) is 3.81. The van der Waals surface area contributed by atoms with Crippen LogP contribution in [0.1, 0.15) is 71.7 Å². The summed E-state index contributed by atoms with van der Waals surface area (Å²) >= 11 is 0. The molecular formula is C29H33N3O3. The van der Waals surface area contributed by atoms with Crippen LogP contribution in [0.2, 0.25) is 0 Å². The third-order valence-corrected chi connectivity index (χ3v) is 6.04. The lowest BCUT2D eigenvalue weighted by atomic mass is 9.83. The van der Waals surface area contributed by atoms with E-state index in [1.54, 1.807) is 25.4 Å². The zero-order valence-electron chi connectivity index (χ0n) is 21.3. The summed E-state index contributed by atoms with van der Waals surface area (Å²) in [7, 11) is 1.57. The number of aryl methyl sites for hydroxylation is 1. The molecule has 2 amide bonds. The molecule has 6 heteroatoms. The number of allylic oxidation sites excluding steroid dienone is 1. The molecular weight excluding hydrogens is 438 g/mol. The van der Waals surface area contributed by atoms with Crippen LogP contribution < -0.4 is 15.8 Å². The second-order valence-electron chi connectivity index (χ2n) is 9.56. The van der Waals surface area contributed by atoms with Crippen molar-refractivity contribution < 1.29 is 14.3 Å². The molecule has 0 spiro atoms. The van der Waals surface area contributed by atoms with Crippen molar-refractivity contribution in [3.8, 4) is 16.9 Å². The van der Waals surface area contributed by atoms with Crippen molar-refractivity contribution in [1.29, 1.82) is 0 Å². The van der Waals surface area contributed by atoms with E-state index < -0.39 is 5.91 Å². The molecule has 0 aliphatic rings. The van der Waals surface area contributed by atoms with Crippen molar-refractivity contribution in [1.82, 2.24) is 4.98 Å². The van der Waals surface area contributed by atoms with Crippen molar-refractivity contribution in [3.05, 3.63) is 83.2 Å². The highest BCUT2D eigenvalue weighted by Crippen LogP contribution is 2.36. The van der Waals surface area contributed by atoms with E-state index in [-0.39, 0.29) is 11.3 Å². The number of amides is 2. The Kier molecular flexibility index (Phi) is 7.44. The molecule has 3 rings (SSSR count). The first-order valence-electron chi connectivity index (χ1n) is 11.5. The lowest BCUT2D eigenvalue weighted by molar-refractivity contribution is 0.0997. The molecule has 0 aliphatic carbocycles. The number of nitrogens with zero attached hydrogens (tertiary/aromatic N) is 1. The molecule has 0 aliphatic heterocycles. The maximum Gasteiger partial charge on any atom is 0.259 e. The molecule has 0 radical (unpaired) electrons. The number of nitrogens with two attached hydrogens (primary N) is 1. The molecule has 182 valence electrons. The number of methoxy groups -OCH3 is 1. The van der Waals surface area contributed by atoms with Crippen LogP contribution in [0.25, 0.3) is 16.7 Å². The molecule has 2 aromatic carbocycles. The molecule has 0 fully saturated rings.